The number of ether oxygens (including phenoxy) is 2. The second-order valence-corrected chi connectivity index (χ2v) is 8.16. The highest BCUT2D eigenvalue weighted by Crippen LogP contribution is 2.35. The molecule has 1 aliphatic heterocycles. The van der Waals surface area contributed by atoms with Crippen molar-refractivity contribution in [3.05, 3.63) is 63.8 Å². The lowest BCUT2D eigenvalue weighted by Gasteiger charge is -2.18. The lowest BCUT2D eigenvalue weighted by atomic mass is 10.2. The lowest BCUT2D eigenvalue weighted by Crippen LogP contribution is -2.42. The molecule has 2 aromatic carbocycles. The first kappa shape index (κ1) is 24.3. The first-order valence-corrected chi connectivity index (χ1v) is 10.7. The van der Waals surface area contributed by atoms with Crippen LogP contribution in [0.5, 0.6) is 5.75 Å². The molecule has 3 amide bonds. The highest BCUT2D eigenvalue weighted by Gasteiger charge is 2.41. The zero-order valence-electron chi connectivity index (χ0n) is 17.5. The molecule has 1 aliphatic rings. The molecule has 0 unspecified atom stereocenters. The van der Waals surface area contributed by atoms with Gasteiger partial charge in [0.2, 0.25) is 0 Å². The fourth-order valence-electron chi connectivity index (χ4n) is 2.86. The Hall–Kier alpha value is -3.37. The van der Waals surface area contributed by atoms with Crippen molar-refractivity contribution in [3.8, 4) is 5.75 Å². The van der Waals surface area contributed by atoms with Gasteiger partial charge in [0.25, 0.3) is 17.1 Å². The standard InChI is InChI=1S/C22H18ClFN2O6S/c1-12(21(29)31-2)26-20(28)18(33-22(26)30)10-13-7-8-17(14(23)9-13)32-11-19(27)25-16-6-4-3-5-15(16)24/h3-10,12H,11H2,1-2H3,(H,25,27)/b18-10+/t12-/m0/s1. The van der Waals surface area contributed by atoms with Crippen LogP contribution in [0.15, 0.2) is 47.4 Å². The number of anilines is 1. The number of nitrogens with one attached hydrogen (secondary N) is 1. The third kappa shape index (κ3) is 5.71. The molecule has 1 fully saturated rings. The third-order valence-electron chi connectivity index (χ3n) is 4.51. The van der Waals surface area contributed by atoms with Gasteiger partial charge in [-0.1, -0.05) is 29.8 Å². The third-order valence-corrected chi connectivity index (χ3v) is 5.69. The fourth-order valence-corrected chi connectivity index (χ4v) is 4.01. The number of nitrogens with zero attached hydrogens (tertiary/aromatic N) is 1. The predicted octanol–water partition coefficient (Wildman–Crippen LogP) is 4.09. The topological polar surface area (TPSA) is 102 Å². The quantitative estimate of drug-likeness (QED) is 0.458. The van der Waals surface area contributed by atoms with Crippen LogP contribution in [0.3, 0.4) is 0 Å². The molecule has 1 N–H and O–H groups in total. The van der Waals surface area contributed by atoms with E-state index in [9.17, 15) is 23.6 Å². The Labute approximate surface area is 197 Å². The Balaban J connectivity index is 1.66. The van der Waals surface area contributed by atoms with Crippen LogP contribution in [-0.4, -0.2) is 47.7 Å². The molecule has 1 saturated heterocycles. The van der Waals surface area contributed by atoms with Crippen molar-refractivity contribution in [1.29, 1.82) is 0 Å². The van der Waals surface area contributed by atoms with Crippen LogP contribution in [0.25, 0.3) is 6.08 Å². The van der Waals surface area contributed by atoms with Gasteiger partial charge in [0.05, 0.1) is 22.7 Å². The maximum absolute atomic E-state index is 13.6. The minimum atomic E-state index is -1.05. The van der Waals surface area contributed by atoms with E-state index in [1.807, 2.05) is 0 Å². The van der Waals surface area contributed by atoms with Crippen LogP contribution in [0.4, 0.5) is 14.9 Å². The molecule has 0 aromatic heterocycles. The highest BCUT2D eigenvalue weighted by atomic mass is 35.5. The van der Waals surface area contributed by atoms with Crippen molar-refractivity contribution in [3.63, 3.8) is 0 Å². The first-order chi connectivity index (χ1) is 15.7. The largest absolute Gasteiger partial charge is 0.482 e. The van der Waals surface area contributed by atoms with Crippen LogP contribution < -0.4 is 10.1 Å². The van der Waals surface area contributed by atoms with E-state index in [1.165, 1.54) is 50.4 Å². The number of hydrogen-bond donors (Lipinski definition) is 1. The molecule has 0 radical (unpaired) electrons. The summed E-state index contributed by atoms with van der Waals surface area (Å²) < 4.78 is 23.6. The van der Waals surface area contributed by atoms with E-state index in [1.54, 1.807) is 12.1 Å². The van der Waals surface area contributed by atoms with Gasteiger partial charge in [0.1, 0.15) is 17.6 Å². The molecular formula is C22H18ClFN2O6S. The van der Waals surface area contributed by atoms with Gasteiger partial charge in [-0.2, -0.15) is 0 Å². The van der Waals surface area contributed by atoms with Crippen molar-refractivity contribution < 1.29 is 33.0 Å². The van der Waals surface area contributed by atoms with Gasteiger partial charge in [0.15, 0.2) is 6.61 Å². The summed E-state index contributed by atoms with van der Waals surface area (Å²) in [7, 11) is 1.17. The summed E-state index contributed by atoms with van der Waals surface area (Å²) in [6.07, 6.45) is 1.45. The van der Waals surface area contributed by atoms with Crippen LogP contribution in [0.1, 0.15) is 12.5 Å². The van der Waals surface area contributed by atoms with E-state index < -0.39 is 41.5 Å². The van der Waals surface area contributed by atoms with Gasteiger partial charge >= 0.3 is 5.97 Å². The molecule has 0 spiro atoms. The average Bonchev–Trinajstić information content (AvgIpc) is 3.06. The number of methoxy groups -OCH3 is 1. The van der Waals surface area contributed by atoms with Crippen molar-refractivity contribution in [2.45, 2.75) is 13.0 Å². The molecule has 0 saturated carbocycles. The first-order valence-electron chi connectivity index (χ1n) is 9.53. The smallest absolute Gasteiger partial charge is 0.328 e. The Morgan fingerprint density at radius 2 is 1.97 bits per heavy atom. The lowest BCUT2D eigenvalue weighted by molar-refractivity contribution is -0.148. The van der Waals surface area contributed by atoms with E-state index in [0.29, 0.717) is 17.3 Å². The summed E-state index contributed by atoms with van der Waals surface area (Å²) in [5.74, 6) is -2.27. The number of carbonyl (C=O) groups is 4. The van der Waals surface area contributed by atoms with E-state index in [2.05, 4.69) is 10.1 Å². The minimum Gasteiger partial charge on any atom is -0.482 e. The molecule has 3 rings (SSSR count). The summed E-state index contributed by atoms with van der Waals surface area (Å²) >= 11 is 6.90. The number of thioether (sulfide) groups is 1. The molecule has 0 aliphatic carbocycles. The molecule has 1 heterocycles. The Morgan fingerprint density at radius 3 is 2.64 bits per heavy atom. The molecule has 33 heavy (non-hydrogen) atoms. The summed E-state index contributed by atoms with van der Waals surface area (Å²) in [4.78, 5) is 49.4. The summed E-state index contributed by atoms with van der Waals surface area (Å²) in [5, 5.41) is 1.96. The van der Waals surface area contributed by atoms with Gasteiger partial charge in [-0.05, 0) is 54.6 Å². The van der Waals surface area contributed by atoms with E-state index in [0.717, 1.165) is 4.90 Å². The van der Waals surface area contributed by atoms with Gasteiger partial charge in [-0.25, -0.2) is 9.18 Å². The van der Waals surface area contributed by atoms with Crippen molar-refractivity contribution in [1.82, 2.24) is 4.90 Å². The van der Waals surface area contributed by atoms with Gasteiger partial charge in [-0.15, -0.1) is 0 Å². The second-order valence-electron chi connectivity index (χ2n) is 6.76. The van der Waals surface area contributed by atoms with E-state index in [4.69, 9.17) is 16.3 Å². The maximum Gasteiger partial charge on any atom is 0.328 e. The molecule has 2 aromatic rings. The predicted molar refractivity (Wildman–Crippen MR) is 121 cm³/mol. The summed E-state index contributed by atoms with van der Waals surface area (Å²) in [6, 6.07) is 9.23. The van der Waals surface area contributed by atoms with Crippen molar-refractivity contribution in [2.75, 3.05) is 19.0 Å². The minimum absolute atomic E-state index is 0.0306. The maximum atomic E-state index is 13.6. The van der Waals surface area contributed by atoms with Crippen LogP contribution >= 0.6 is 23.4 Å². The number of rotatable bonds is 7. The molecule has 11 heteroatoms. The zero-order chi connectivity index (χ0) is 24.1. The number of hydrogen-bond acceptors (Lipinski definition) is 7. The van der Waals surface area contributed by atoms with Gasteiger partial charge in [0, 0.05) is 0 Å². The molecular weight excluding hydrogens is 475 g/mol. The molecule has 1 atom stereocenters. The molecule has 0 bridgehead atoms. The number of halogens is 2. The Kier molecular flexibility index (Phi) is 7.72. The monoisotopic (exact) mass is 492 g/mol. The number of carbonyl (C=O) groups excluding carboxylic acids is 4. The number of para-hydroxylation sites is 1. The number of benzene rings is 2. The van der Waals surface area contributed by atoms with Gasteiger partial charge in [-0.3, -0.25) is 19.3 Å². The Morgan fingerprint density at radius 1 is 1.24 bits per heavy atom. The van der Waals surface area contributed by atoms with Crippen LogP contribution in [-0.2, 0) is 19.1 Å². The van der Waals surface area contributed by atoms with Crippen molar-refractivity contribution >= 4 is 58.1 Å². The molecule has 172 valence electrons. The number of amides is 3. The average molecular weight is 493 g/mol. The molecule has 8 nitrogen and oxygen atoms in total. The Bertz CT molecular complexity index is 1160. The van der Waals surface area contributed by atoms with Gasteiger partial charge < -0.3 is 14.8 Å². The number of esters is 1. The van der Waals surface area contributed by atoms with Crippen LogP contribution in [0.2, 0.25) is 5.02 Å². The van der Waals surface area contributed by atoms with E-state index >= 15 is 0 Å². The number of imide groups is 1. The van der Waals surface area contributed by atoms with Crippen LogP contribution in [0, 0.1) is 5.82 Å². The fraction of sp³-hybridized carbons (Fsp3) is 0.182. The highest BCUT2D eigenvalue weighted by molar-refractivity contribution is 8.18. The van der Waals surface area contributed by atoms with E-state index in [-0.39, 0.29) is 21.4 Å². The second kappa shape index (κ2) is 10.5. The summed E-state index contributed by atoms with van der Waals surface area (Å²) in [5.41, 5.74) is 0.530. The zero-order valence-corrected chi connectivity index (χ0v) is 19.0. The summed E-state index contributed by atoms with van der Waals surface area (Å²) in [6.45, 7) is 0.994. The normalized spacial score (nSPS) is 15.5. The van der Waals surface area contributed by atoms with Crippen molar-refractivity contribution in [2.24, 2.45) is 0 Å². The SMILES string of the molecule is COC(=O)[C@H](C)N1C(=O)S/C(=C/c2ccc(OCC(=O)Nc3ccccc3F)c(Cl)c2)C1=O.